The number of aryl methyl sites for hydroxylation is 1. The lowest BCUT2D eigenvalue weighted by Gasteiger charge is -2.23. The van der Waals surface area contributed by atoms with Gasteiger partial charge in [-0.15, -0.1) is 11.3 Å². The molecule has 3 aromatic heterocycles. The lowest BCUT2D eigenvalue weighted by molar-refractivity contribution is 0.466. The highest BCUT2D eigenvalue weighted by Gasteiger charge is 2.25. The third-order valence-corrected chi connectivity index (χ3v) is 7.24. The summed E-state index contributed by atoms with van der Waals surface area (Å²) in [6.07, 6.45) is 9.27. The van der Waals surface area contributed by atoms with Gasteiger partial charge in [0.1, 0.15) is 4.83 Å². The second kappa shape index (κ2) is 8.91. The zero-order valence-electron chi connectivity index (χ0n) is 17.1. The number of hydrogen-bond donors (Lipinski definition) is 1. The Morgan fingerprint density at radius 3 is 2.97 bits per heavy atom. The van der Waals surface area contributed by atoms with Crippen LogP contribution in [0.2, 0.25) is 5.02 Å². The normalized spacial score (nSPS) is 15.8. The van der Waals surface area contributed by atoms with Crippen molar-refractivity contribution in [1.29, 1.82) is 0 Å². The van der Waals surface area contributed by atoms with Crippen molar-refractivity contribution in [3.8, 4) is 0 Å². The Kier molecular flexibility index (Phi) is 5.85. The number of nitrogens with zero attached hydrogens (tertiary/aromatic N) is 3. The molecule has 1 N–H and O–H groups in total. The largest absolute Gasteiger partial charge is 0.313 e. The van der Waals surface area contributed by atoms with Gasteiger partial charge in [-0.3, -0.25) is 14.3 Å². The van der Waals surface area contributed by atoms with Crippen molar-refractivity contribution in [1.82, 2.24) is 19.9 Å². The summed E-state index contributed by atoms with van der Waals surface area (Å²) in [5.74, 6) is 0. The van der Waals surface area contributed by atoms with E-state index in [1.807, 2.05) is 36.5 Å². The average Bonchev–Trinajstić information content (AvgIpc) is 3.15. The van der Waals surface area contributed by atoms with E-state index in [9.17, 15) is 4.79 Å². The van der Waals surface area contributed by atoms with Gasteiger partial charge in [-0.1, -0.05) is 29.8 Å². The van der Waals surface area contributed by atoms with E-state index in [2.05, 4.69) is 21.4 Å². The Bertz CT molecular complexity index is 1270. The van der Waals surface area contributed by atoms with Crippen LogP contribution in [0.3, 0.4) is 0 Å². The number of nitrogens with one attached hydrogen (secondary N) is 1. The molecule has 158 valence electrons. The van der Waals surface area contributed by atoms with Crippen LogP contribution in [0.5, 0.6) is 0 Å². The Balaban J connectivity index is 1.32. The third-order valence-electron chi connectivity index (χ3n) is 5.85. The van der Waals surface area contributed by atoms with Crippen molar-refractivity contribution >= 4 is 33.2 Å². The van der Waals surface area contributed by atoms with Crippen molar-refractivity contribution in [2.24, 2.45) is 0 Å². The summed E-state index contributed by atoms with van der Waals surface area (Å²) >= 11 is 7.77. The van der Waals surface area contributed by atoms with Gasteiger partial charge in [0, 0.05) is 28.3 Å². The minimum Gasteiger partial charge on any atom is -0.313 e. The second-order valence-corrected chi connectivity index (χ2v) is 9.52. The fourth-order valence-electron chi connectivity index (χ4n) is 4.29. The van der Waals surface area contributed by atoms with Crippen LogP contribution in [0.25, 0.3) is 10.2 Å². The van der Waals surface area contributed by atoms with Gasteiger partial charge in [0.25, 0.3) is 5.56 Å². The molecule has 1 unspecified atom stereocenters. The molecule has 0 bridgehead atoms. The van der Waals surface area contributed by atoms with E-state index in [0.29, 0.717) is 17.6 Å². The Morgan fingerprint density at radius 1 is 1.23 bits per heavy atom. The van der Waals surface area contributed by atoms with E-state index in [1.54, 1.807) is 28.4 Å². The van der Waals surface area contributed by atoms with Crippen LogP contribution >= 0.6 is 22.9 Å². The van der Waals surface area contributed by atoms with Crippen LogP contribution in [0.4, 0.5) is 0 Å². The minimum absolute atomic E-state index is 0.0467. The summed E-state index contributed by atoms with van der Waals surface area (Å²) < 4.78 is 1.69. The highest BCUT2D eigenvalue weighted by molar-refractivity contribution is 7.18. The van der Waals surface area contributed by atoms with Gasteiger partial charge in [0.05, 0.1) is 18.3 Å². The van der Waals surface area contributed by atoms with Crippen molar-refractivity contribution in [3.05, 3.63) is 92.1 Å². The highest BCUT2D eigenvalue weighted by Crippen LogP contribution is 2.33. The molecular formula is C24H23ClN4OS. The molecule has 0 saturated heterocycles. The molecule has 3 heterocycles. The van der Waals surface area contributed by atoms with Crippen molar-refractivity contribution in [2.45, 2.75) is 38.3 Å². The molecule has 0 saturated carbocycles. The first-order valence-corrected chi connectivity index (χ1v) is 11.7. The minimum atomic E-state index is 0.0467. The van der Waals surface area contributed by atoms with Crippen LogP contribution < -0.4 is 10.9 Å². The summed E-state index contributed by atoms with van der Waals surface area (Å²) in [6, 6.07) is 12.1. The number of pyridine rings is 1. The quantitative estimate of drug-likeness (QED) is 0.477. The number of aromatic nitrogens is 3. The molecule has 4 aromatic rings. The van der Waals surface area contributed by atoms with E-state index in [-0.39, 0.29) is 5.56 Å². The average molecular weight is 451 g/mol. The molecule has 5 nitrogen and oxygen atoms in total. The van der Waals surface area contributed by atoms with E-state index < -0.39 is 0 Å². The van der Waals surface area contributed by atoms with Gasteiger partial charge in [0.2, 0.25) is 0 Å². The van der Waals surface area contributed by atoms with Gasteiger partial charge >= 0.3 is 0 Å². The molecule has 0 fully saturated rings. The van der Waals surface area contributed by atoms with Crippen molar-refractivity contribution < 1.29 is 0 Å². The van der Waals surface area contributed by atoms with Crippen LogP contribution in [-0.2, 0) is 25.8 Å². The molecule has 1 atom stereocenters. The molecule has 0 radical (unpaired) electrons. The zero-order valence-corrected chi connectivity index (χ0v) is 18.6. The summed E-state index contributed by atoms with van der Waals surface area (Å²) in [6.45, 7) is 1.41. The Morgan fingerprint density at radius 2 is 2.13 bits per heavy atom. The SMILES string of the molecule is O=c1c2c3c(sc2ncn1Cc1cccc(Cl)c1)CC(NCCc1cccnc1)CC3. The topological polar surface area (TPSA) is 59.8 Å². The maximum Gasteiger partial charge on any atom is 0.262 e. The molecule has 5 rings (SSSR count). The van der Waals surface area contributed by atoms with Crippen LogP contribution in [0.15, 0.2) is 59.9 Å². The lowest BCUT2D eigenvalue weighted by Crippen LogP contribution is -2.35. The van der Waals surface area contributed by atoms with Crippen LogP contribution in [-0.4, -0.2) is 27.1 Å². The van der Waals surface area contributed by atoms with Gasteiger partial charge in [-0.25, -0.2) is 4.98 Å². The molecular weight excluding hydrogens is 428 g/mol. The van der Waals surface area contributed by atoms with E-state index in [1.165, 1.54) is 16.0 Å². The first-order valence-electron chi connectivity index (χ1n) is 10.5. The molecule has 0 spiro atoms. The summed E-state index contributed by atoms with van der Waals surface area (Å²) in [4.78, 5) is 24.2. The summed E-state index contributed by atoms with van der Waals surface area (Å²) in [5.41, 5.74) is 3.49. The number of fused-ring (bicyclic) bond motifs is 3. The fourth-order valence-corrected chi connectivity index (χ4v) is 5.76. The monoisotopic (exact) mass is 450 g/mol. The van der Waals surface area contributed by atoms with E-state index in [0.717, 1.165) is 48.0 Å². The molecule has 1 aromatic carbocycles. The fraction of sp³-hybridized carbons (Fsp3) is 0.292. The molecule has 7 heteroatoms. The van der Waals surface area contributed by atoms with E-state index in [4.69, 9.17) is 11.6 Å². The Labute approximate surface area is 189 Å². The third kappa shape index (κ3) is 4.42. The number of benzene rings is 1. The second-order valence-electron chi connectivity index (χ2n) is 8.00. The zero-order chi connectivity index (χ0) is 21.2. The molecule has 31 heavy (non-hydrogen) atoms. The van der Waals surface area contributed by atoms with Gasteiger partial charge in [-0.2, -0.15) is 0 Å². The number of hydrogen-bond acceptors (Lipinski definition) is 5. The maximum atomic E-state index is 13.2. The smallest absolute Gasteiger partial charge is 0.262 e. The van der Waals surface area contributed by atoms with Crippen LogP contribution in [0, 0.1) is 0 Å². The molecule has 1 aliphatic rings. The molecule has 0 amide bonds. The van der Waals surface area contributed by atoms with Gasteiger partial charge < -0.3 is 5.32 Å². The number of halogens is 1. The van der Waals surface area contributed by atoms with E-state index >= 15 is 0 Å². The van der Waals surface area contributed by atoms with Gasteiger partial charge in [0.15, 0.2) is 0 Å². The first kappa shape index (κ1) is 20.4. The summed E-state index contributed by atoms with van der Waals surface area (Å²) in [7, 11) is 0. The number of thiophene rings is 1. The molecule has 0 aliphatic heterocycles. The van der Waals surface area contributed by atoms with Crippen molar-refractivity contribution in [3.63, 3.8) is 0 Å². The molecule has 1 aliphatic carbocycles. The Hall–Kier alpha value is -2.54. The predicted octanol–water partition coefficient (Wildman–Crippen LogP) is 4.24. The number of rotatable bonds is 6. The standard InChI is InChI=1S/C24H23ClN4OS/c25-18-5-1-3-17(11-18)14-29-15-28-23-22(24(29)30)20-7-6-19(12-21(20)31-23)27-10-8-16-4-2-9-26-13-16/h1-5,9,11,13,15,19,27H,6-8,10,12,14H2. The lowest BCUT2D eigenvalue weighted by atomic mass is 9.93. The predicted molar refractivity (Wildman–Crippen MR) is 126 cm³/mol. The van der Waals surface area contributed by atoms with Crippen molar-refractivity contribution in [2.75, 3.05) is 6.54 Å². The highest BCUT2D eigenvalue weighted by atomic mass is 35.5. The van der Waals surface area contributed by atoms with Crippen LogP contribution in [0.1, 0.15) is 28.0 Å². The summed E-state index contributed by atoms with van der Waals surface area (Å²) in [5, 5.41) is 5.16. The maximum absolute atomic E-state index is 13.2. The van der Waals surface area contributed by atoms with Gasteiger partial charge in [-0.05, 0) is 67.1 Å². The first-order chi connectivity index (χ1) is 15.2.